The van der Waals surface area contributed by atoms with Crippen molar-refractivity contribution in [2.75, 3.05) is 5.32 Å². The van der Waals surface area contributed by atoms with Crippen LogP contribution in [-0.4, -0.2) is 22.0 Å². The van der Waals surface area contributed by atoms with Crippen LogP contribution in [-0.2, 0) is 16.0 Å². The number of nitrogens with one attached hydrogen (secondary N) is 1. The van der Waals surface area contributed by atoms with Gasteiger partial charge in [-0.3, -0.25) is 9.59 Å². The van der Waals surface area contributed by atoms with Crippen LogP contribution >= 0.6 is 0 Å². The first-order valence-corrected chi connectivity index (χ1v) is 8.17. The smallest absolute Gasteiger partial charge is 0.307 e. The van der Waals surface area contributed by atoms with E-state index >= 15 is 0 Å². The number of aromatic nitrogens is 1. The minimum absolute atomic E-state index is 0.0892. The molecule has 6 heteroatoms. The van der Waals surface area contributed by atoms with E-state index in [1.165, 1.54) is 6.39 Å². The number of nitrogens with zero attached hydrogens (tertiary/aromatic N) is 1. The first-order valence-electron chi connectivity index (χ1n) is 8.17. The first-order chi connectivity index (χ1) is 12.6. The molecule has 0 saturated heterocycles. The molecule has 2 aromatic carbocycles. The van der Waals surface area contributed by atoms with Crippen LogP contribution in [0.4, 0.5) is 5.69 Å². The topological polar surface area (TPSA) is 92.4 Å². The molecule has 0 aliphatic heterocycles. The van der Waals surface area contributed by atoms with Crippen LogP contribution in [0.1, 0.15) is 12.0 Å². The van der Waals surface area contributed by atoms with E-state index in [4.69, 9.17) is 4.42 Å². The molecule has 26 heavy (non-hydrogen) atoms. The highest BCUT2D eigenvalue weighted by Gasteiger charge is 2.21. The van der Waals surface area contributed by atoms with Gasteiger partial charge in [-0.1, -0.05) is 30.3 Å². The Morgan fingerprint density at radius 2 is 1.81 bits per heavy atom. The Morgan fingerprint density at radius 1 is 1.08 bits per heavy atom. The highest BCUT2D eigenvalue weighted by atomic mass is 16.4. The lowest BCUT2D eigenvalue weighted by molar-refractivity contribution is -0.143. The number of anilines is 1. The number of benzene rings is 2. The van der Waals surface area contributed by atoms with E-state index in [0.717, 1.165) is 11.1 Å². The summed E-state index contributed by atoms with van der Waals surface area (Å²) in [6, 6.07) is 16.4. The Kier molecular flexibility index (Phi) is 5.43. The Morgan fingerprint density at radius 3 is 2.42 bits per heavy atom. The molecule has 1 heterocycles. The third-order valence-electron chi connectivity index (χ3n) is 3.99. The molecular formula is C20H18N2O4. The van der Waals surface area contributed by atoms with Crippen molar-refractivity contribution in [3.63, 3.8) is 0 Å². The van der Waals surface area contributed by atoms with Gasteiger partial charge in [0.2, 0.25) is 5.91 Å². The van der Waals surface area contributed by atoms with Crippen molar-refractivity contribution < 1.29 is 19.1 Å². The van der Waals surface area contributed by atoms with E-state index in [9.17, 15) is 14.7 Å². The summed E-state index contributed by atoms with van der Waals surface area (Å²) in [5, 5.41) is 12.1. The van der Waals surface area contributed by atoms with Crippen molar-refractivity contribution in [3.05, 3.63) is 72.8 Å². The van der Waals surface area contributed by atoms with Crippen molar-refractivity contribution in [1.82, 2.24) is 4.98 Å². The fourth-order valence-corrected chi connectivity index (χ4v) is 2.66. The van der Waals surface area contributed by atoms with Crippen LogP contribution in [0.5, 0.6) is 0 Å². The Bertz CT molecular complexity index is 859. The number of carbonyl (C=O) groups excluding carboxylic acids is 1. The van der Waals surface area contributed by atoms with Gasteiger partial charge in [-0.25, -0.2) is 4.98 Å². The van der Waals surface area contributed by atoms with E-state index in [-0.39, 0.29) is 12.3 Å². The SMILES string of the molecule is O=C(CC(Cc1ccccc1)C(=O)O)Nc1ccc(-c2cnco2)cc1. The van der Waals surface area contributed by atoms with E-state index in [2.05, 4.69) is 10.3 Å². The lowest BCUT2D eigenvalue weighted by atomic mass is 9.96. The monoisotopic (exact) mass is 350 g/mol. The molecule has 6 nitrogen and oxygen atoms in total. The summed E-state index contributed by atoms with van der Waals surface area (Å²) in [6.45, 7) is 0. The lowest BCUT2D eigenvalue weighted by Gasteiger charge is -2.13. The molecule has 1 amide bonds. The van der Waals surface area contributed by atoms with Gasteiger partial charge in [0.15, 0.2) is 12.2 Å². The third-order valence-corrected chi connectivity index (χ3v) is 3.99. The molecule has 132 valence electrons. The highest BCUT2D eigenvalue weighted by Crippen LogP contribution is 2.21. The molecule has 3 aromatic rings. The van der Waals surface area contributed by atoms with Gasteiger partial charge in [-0.15, -0.1) is 0 Å². The van der Waals surface area contributed by atoms with Crippen LogP contribution in [0, 0.1) is 5.92 Å². The van der Waals surface area contributed by atoms with Crippen LogP contribution in [0.15, 0.2) is 71.6 Å². The third kappa shape index (κ3) is 4.57. The Balaban J connectivity index is 1.60. The van der Waals surface area contributed by atoms with Crippen LogP contribution < -0.4 is 5.32 Å². The zero-order chi connectivity index (χ0) is 18.4. The Hall–Kier alpha value is -3.41. The number of amides is 1. The predicted molar refractivity (Wildman–Crippen MR) is 96.5 cm³/mol. The molecule has 1 aromatic heterocycles. The number of rotatable bonds is 7. The van der Waals surface area contributed by atoms with Crippen molar-refractivity contribution in [2.24, 2.45) is 5.92 Å². The minimum atomic E-state index is -0.982. The molecule has 3 rings (SSSR count). The number of carbonyl (C=O) groups is 2. The largest absolute Gasteiger partial charge is 0.481 e. The average Bonchev–Trinajstić information content (AvgIpc) is 3.17. The maximum absolute atomic E-state index is 12.2. The van der Waals surface area contributed by atoms with Gasteiger partial charge in [0.1, 0.15) is 0 Å². The van der Waals surface area contributed by atoms with Crippen LogP contribution in [0.2, 0.25) is 0 Å². The van der Waals surface area contributed by atoms with Crippen molar-refractivity contribution >= 4 is 17.6 Å². The number of hydrogen-bond donors (Lipinski definition) is 2. The number of aliphatic carboxylic acids is 1. The lowest BCUT2D eigenvalue weighted by Crippen LogP contribution is -2.24. The summed E-state index contributed by atoms with van der Waals surface area (Å²) >= 11 is 0. The summed E-state index contributed by atoms with van der Waals surface area (Å²) in [7, 11) is 0. The molecule has 0 aliphatic carbocycles. The first kappa shape index (κ1) is 17.4. The van der Waals surface area contributed by atoms with E-state index < -0.39 is 11.9 Å². The van der Waals surface area contributed by atoms with Gasteiger partial charge in [0.25, 0.3) is 0 Å². The molecule has 0 bridgehead atoms. The maximum Gasteiger partial charge on any atom is 0.307 e. The average molecular weight is 350 g/mol. The van der Waals surface area contributed by atoms with Gasteiger partial charge < -0.3 is 14.8 Å². The summed E-state index contributed by atoms with van der Waals surface area (Å²) in [6.07, 6.45) is 3.18. The zero-order valence-corrected chi connectivity index (χ0v) is 14.0. The molecule has 1 unspecified atom stereocenters. The zero-order valence-electron chi connectivity index (χ0n) is 14.0. The molecule has 2 N–H and O–H groups in total. The summed E-state index contributed by atoms with van der Waals surface area (Å²) < 4.78 is 5.21. The van der Waals surface area contributed by atoms with Gasteiger partial charge in [-0.2, -0.15) is 0 Å². The van der Waals surface area contributed by atoms with E-state index in [1.54, 1.807) is 30.5 Å². The number of carboxylic acid groups (broad SMARTS) is 1. The summed E-state index contributed by atoms with van der Waals surface area (Å²) in [5.41, 5.74) is 2.33. The second kappa shape index (κ2) is 8.11. The number of hydrogen-bond acceptors (Lipinski definition) is 4. The van der Waals surface area contributed by atoms with Crippen molar-refractivity contribution in [3.8, 4) is 11.3 Å². The summed E-state index contributed by atoms with van der Waals surface area (Å²) in [4.78, 5) is 27.6. The van der Waals surface area contributed by atoms with Crippen molar-refractivity contribution in [1.29, 1.82) is 0 Å². The molecule has 0 saturated carbocycles. The fourth-order valence-electron chi connectivity index (χ4n) is 2.66. The van der Waals surface area contributed by atoms with Crippen molar-refractivity contribution in [2.45, 2.75) is 12.8 Å². The molecule has 1 atom stereocenters. The predicted octanol–water partition coefficient (Wildman–Crippen LogP) is 3.61. The Labute approximate surface area is 150 Å². The number of oxazole rings is 1. The van der Waals surface area contributed by atoms with Gasteiger partial charge in [0.05, 0.1) is 12.1 Å². The van der Waals surface area contributed by atoms with Crippen LogP contribution in [0.25, 0.3) is 11.3 Å². The highest BCUT2D eigenvalue weighted by molar-refractivity contribution is 5.93. The quantitative estimate of drug-likeness (QED) is 0.679. The van der Waals surface area contributed by atoms with Gasteiger partial charge in [-0.05, 0) is 36.2 Å². The normalized spacial score (nSPS) is 11.7. The molecular weight excluding hydrogens is 332 g/mol. The standard InChI is InChI=1S/C20H18N2O4/c23-19(11-16(20(24)25)10-14-4-2-1-3-5-14)22-17-8-6-15(7-9-17)18-12-21-13-26-18/h1-9,12-13,16H,10-11H2,(H,22,23)(H,24,25). The number of carboxylic acids is 1. The minimum Gasteiger partial charge on any atom is -0.481 e. The molecule has 0 aliphatic rings. The summed E-state index contributed by atoms with van der Waals surface area (Å²) in [5.74, 6) is -1.45. The van der Waals surface area contributed by atoms with Crippen LogP contribution in [0.3, 0.4) is 0 Å². The van der Waals surface area contributed by atoms with E-state index in [0.29, 0.717) is 17.9 Å². The maximum atomic E-state index is 12.2. The second-order valence-corrected chi connectivity index (χ2v) is 5.92. The second-order valence-electron chi connectivity index (χ2n) is 5.92. The van der Waals surface area contributed by atoms with Gasteiger partial charge >= 0.3 is 5.97 Å². The van der Waals surface area contributed by atoms with Gasteiger partial charge in [0, 0.05) is 17.7 Å². The molecule has 0 fully saturated rings. The van der Waals surface area contributed by atoms with E-state index in [1.807, 2.05) is 30.3 Å². The molecule has 0 radical (unpaired) electrons. The molecule has 0 spiro atoms. The fraction of sp³-hybridized carbons (Fsp3) is 0.150.